The van der Waals surface area contributed by atoms with Crippen LogP contribution in [0.4, 0.5) is 0 Å². The summed E-state index contributed by atoms with van der Waals surface area (Å²) in [6.45, 7) is 3.74. The highest BCUT2D eigenvalue weighted by Crippen LogP contribution is 2.37. The summed E-state index contributed by atoms with van der Waals surface area (Å²) in [5.41, 5.74) is 0.766. The lowest BCUT2D eigenvalue weighted by atomic mass is 9.88. The van der Waals surface area contributed by atoms with E-state index in [9.17, 15) is 15.0 Å². The van der Waals surface area contributed by atoms with Gasteiger partial charge in [0.2, 0.25) is 0 Å². The van der Waals surface area contributed by atoms with E-state index < -0.39 is 29.8 Å². The number of carbonyl (C=O) groups is 1. The number of halogens is 1. The molecule has 0 aromatic heterocycles. The molecular formula is C12H12ClO3. The third kappa shape index (κ3) is 1.75. The van der Waals surface area contributed by atoms with Gasteiger partial charge in [-0.3, -0.25) is 4.79 Å². The van der Waals surface area contributed by atoms with Gasteiger partial charge in [0.25, 0.3) is 0 Å². The summed E-state index contributed by atoms with van der Waals surface area (Å²) in [5.74, 6) is -1.54. The van der Waals surface area contributed by atoms with Gasteiger partial charge >= 0.3 is 0 Å². The van der Waals surface area contributed by atoms with Gasteiger partial charge in [0.05, 0.1) is 0 Å². The molecule has 0 bridgehead atoms. The van der Waals surface area contributed by atoms with Crippen LogP contribution in [-0.4, -0.2) is 28.2 Å². The Labute approximate surface area is 98.7 Å². The van der Waals surface area contributed by atoms with E-state index in [0.717, 1.165) is 5.56 Å². The molecular weight excluding hydrogens is 228 g/mol. The van der Waals surface area contributed by atoms with Crippen LogP contribution in [-0.2, 0) is 4.79 Å². The van der Waals surface area contributed by atoms with Crippen molar-refractivity contribution in [3.05, 3.63) is 41.8 Å². The first-order chi connectivity index (χ1) is 7.52. The van der Waals surface area contributed by atoms with E-state index in [1.807, 2.05) is 0 Å². The average molecular weight is 240 g/mol. The molecule has 1 aliphatic carbocycles. The minimum absolute atomic E-state index is 0.459. The number of rotatable bonds is 1. The predicted molar refractivity (Wildman–Crippen MR) is 60.1 cm³/mol. The monoisotopic (exact) mass is 239 g/mol. The van der Waals surface area contributed by atoms with Crippen molar-refractivity contribution in [1.29, 1.82) is 0 Å². The summed E-state index contributed by atoms with van der Waals surface area (Å²) in [7, 11) is 0. The topological polar surface area (TPSA) is 57.5 Å². The number of Topliss-reactive ketones (excluding diaryl/α,β-unsaturated/α-hetero) is 1. The van der Waals surface area contributed by atoms with Gasteiger partial charge in [-0.1, -0.05) is 23.7 Å². The van der Waals surface area contributed by atoms with Crippen molar-refractivity contribution in [2.45, 2.75) is 18.1 Å². The van der Waals surface area contributed by atoms with Crippen LogP contribution in [0.3, 0.4) is 0 Å². The van der Waals surface area contributed by atoms with Crippen molar-refractivity contribution in [3.63, 3.8) is 0 Å². The number of hydrogen-bond donors (Lipinski definition) is 2. The SMILES string of the molecule is [CH2]C1C(O)C(=O)C(O)C1c1ccc(Cl)cc1. The Balaban J connectivity index is 2.34. The summed E-state index contributed by atoms with van der Waals surface area (Å²) in [4.78, 5) is 11.4. The van der Waals surface area contributed by atoms with E-state index in [-0.39, 0.29) is 0 Å². The fraction of sp³-hybridized carbons (Fsp3) is 0.333. The van der Waals surface area contributed by atoms with Gasteiger partial charge in [-0.05, 0) is 24.6 Å². The zero-order valence-electron chi connectivity index (χ0n) is 8.51. The number of carbonyl (C=O) groups excluding carboxylic acids is 1. The predicted octanol–water partition coefficient (Wildman–Crippen LogP) is 1.18. The molecule has 4 heteroatoms. The van der Waals surface area contributed by atoms with Gasteiger partial charge in [0, 0.05) is 16.9 Å². The zero-order chi connectivity index (χ0) is 11.9. The summed E-state index contributed by atoms with van der Waals surface area (Å²) in [5, 5.41) is 19.9. The van der Waals surface area contributed by atoms with Crippen molar-refractivity contribution in [3.8, 4) is 0 Å². The second-order valence-corrected chi connectivity index (χ2v) is 4.47. The number of hydrogen-bond acceptors (Lipinski definition) is 3. The summed E-state index contributed by atoms with van der Waals surface area (Å²) in [6.07, 6.45) is -2.37. The molecule has 1 fully saturated rings. The Bertz CT molecular complexity index is 401. The van der Waals surface area contributed by atoms with Crippen LogP contribution in [0, 0.1) is 12.8 Å². The van der Waals surface area contributed by atoms with E-state index in [1.54, 1.807) is 24.3 Å². The first-order valence-corrected chi connectivity index (χ1v) is 5.38. The fourth-order valence-corrected chi connectivity index (χ4v) is 2.23. The van der Waals surface area contributed by atoms with E-state index in [4.69, 9.17) is 11.6 Å². The molecule has 1 aromatic rings. The van der Waals surface area contributed by atoms with E-state index >= 15 is 0 Å². The maximum atomic E-state index is 11.4. The summed E-state index contributed by atoms with van der Waals surface area (Å²) < 4.78 is 0. The van der Waals surface area contributed by atoms with Crippen LogP contribution in [0.25, 0.3) is 0 Å². The Kier molecular flexibility index (Phi) is 3.02. The highest BCUT2D eigenvalue weighted by atomic mass is 35.5. The molecule has 1 saturated carbocycles. The van der Waals surface area contributed by atoms with Gasteiger partial charge in [0.15, 0.2) is 5.78 Å². The zero-order valence-corrected chi connectivity index (χ0v) is 9.26. The third-order valence-electron chi connectivity index (χ3n) is 3.04. The molecule has 3 nitrogen and oxygen atoms in total. The Morgan fingerprint density at radius 3 is 2.12 bits per heavy atom. The summed E-state index contributed by atoms with van der Waals surface area (Å²) in [6, 6.07) is 6.84. The van der Waals surface area contributed by atoms with Crippen molar-refractivity contribution < 1.29 is 15.0 Å². The van der Waals surface area contributed by atoms with Gasteiger partial charge in [-0.25, -0.2) is 0 Å². The van der Waals surface area contributed by atoms with Gasteiger partial charge in [0.1, 0.15) is 12.2 Å². The average Bonchev–Trinajstić information content (AvgIpc) is 2.46. The highest BCUT2D eigenvalue weighted by molar-refractivity contribution is 6.30. The van der Waals surface area contributed by atoms with Crippen LogP contribution in [0.15, 0.2) is 24.3 Å². The molecule has 1 aliphatic rings. The smallest absolute Gasteiger partial charge is 0.190 e. The Morgan fingerprint density at radius 1 is 1.12 bits per heavy atom. The van der Waals surface area contributed by atoms with Crippen LogP contribution in [0.5, 0.6) is 0 Å². The Morgan fingerprint density at radius 2 is 1.69 bits per heavy atom. The van der Waals surface area contributed by atoms with Gasteiger partial charge in [-0.15, -0.1) is 0 Å². The third-order valence-corrected chi connectivity index (χ3v) is 3.30. The van der Waals surface area contributed by atoms with E-state index in [1.165, 1.54) is 0 Å². The molecule has 1 aromatic carbocycles. The number of benzene rings is 1. The molecule has 1 radical (unpaired) electrons. The molecule has 2 N–H and O–H groups in total. The molecule has 0 saturated heterocycles. The second kappa shape index (κ2) is 4.17. The first-order valence-electron chi connectivity index (χ1n) is 5.01. The molecule has 0 amide bonds. The maximum Gasteiger partial charge on any atom is 0.190 e. The molecule has 0 heterocycles. The lowest BCUT2D eigenvalue weighted by Crippen LogP contribution is -2.24. The van der Waals surface area contributed by atoms with Crippen molar-refractivity contribution in [2.24, 2.45) is 5.92 Å². The fourth-order valence-electron chi connectivity index (χ4n) is 2.11. The quantitative estimate of drug-likeness (QED) is 0.774. The Hall–Kier alpha value is -0.900. The normalized spacial score (nSPS) is 34.4. The van der Waals surface area contributed by atoms with Crippen molar-refractivity contribution in [1.82, 2.24) is 0 Å². The summed E-state index contributed by atoms with van der Waals surface area (Å²) >= 11 is 5.75. The minimum Gasteiger partial charge on any atom is -0.385 e. The molecule has 85 valence electrons. The van der Waals surface area contributed by atoms with E-state index in [0.29, 0.717) is 5.02 Å². The molecule has 4 unspecified atom stereocenters. The number of ketones is 1. The largest absolute Gasteiger partial charge is 0.385 e. The standard InChI is InChI=1S/C12H12ClO3/c1-6-9(11(15)12(16)10(6)14)7-2-4-8(13)5-3-7/h2-6,9-11,14-15H,1H2. The van der Waals surface area contributed by atoms with Crippen LogP contribution >= 0.6 is 11.6 Å². The van der Waals surface area contributed by atoms with Crippen LogP contribution in [0.1, 0.15) is 11.5 Å². The van der Waals surface area contributed by atoms with Gasteiger partial charge in [-0.2, -0.15) is 0 Å². The molecule has 2 rings (SSSR count). The van der Waals surface area contributed by atoms with Crippen LogP contribution < -0.4 is 0 Å². The maximum absolute atomic E-state index is 11.4. The molecule has 16 heavy (non-hydrogen) atoms. The molecule has 0 spiro atoms. The molecule has 4 atom stereocenters. The minimum atomic E-state index is -1.18. The van der Waals surface area contributed by atoms with Crippen molar-refractivity contribution >= 4 is 17.4 Å². The lowest BCUT2D eigenvalue weighted by molar-refractivity contribution is -0.131. The second-order valence-electron chi connectivity index (χ2n) is 4.03. The molecule has 0 aliphatic heterocycles. The first kappa shape index (κ1) is 11.6. The number of aliphatic hydroxyl groups excluding tert-OH is 2. The lowest BCUT2D eigenvalue weighted by Gasteiger charge is -2.18. The van der Waals surface area contributed by atoms with Crippen LogP contribution in [0.2, 0.25) is 5.02 Å². The highest BCUT2D eigenvalue weighted by Gasteiger charge is 2.46. The van der Waals surface area contributed by atoms with Gasteiger partial charge < -0.3 is 10.2 Å². The number of aliphatic hydroxyl groups is 2. The van der Waals surface area contributed by atoms with E-state index in [2.05, 4.69) is 6.92 Å². The van der Waals surface area contributed by atoms with Crippen molar-refractivity contribution in [2.75, 3.05) is 0 Å².